The molecule has 2 aliphatic carbocycles. The van der Waals surface area contributed by atoms with Crippen LogP contribution in [0.15, 0.2) is 159 Å². The number of nitrogens with one attached hydrogen (secondary N) is 1. The van der Waals surface area contributed by atoms with Crippen molar-refractivity contribution in [3.05, 3.63) is 171 Å². The van der Waals surface area contributed by atoms with Crippen LogP contribution in [0.4, 0.5) is 0 Å². The molecule has 7 nitrogen and oxygen atoms in total. The molecule has 2 aliphatic rings. The number of benzene rings is 1. The van der Waals surface area contributed by atoms with Crippen LogP contribution >= 0.6 is 0 Å². The number of aliphatic hydroxyl groups excluding tert-OH is 1. The molecular formula is C57H75N3O4S. The lowest BCUT2D eigenvalue weighted by Crippen LogP contribution is -2.28. The molecule has 2 atom stereocenters. The summed E-state index contributed by atoms with van der Waals surface area (Å²) in [5.74, 6) is 1.78. The molecule has 2 N–H and O–H groups in total. The molecule has 3 aromatic rings. The molecule has 0 bridgehead atoms. The molecule has 348 valence electrons. The first-order valence-corrected chi connectivity index (χ1v) is 24.1. The Labute approximate surface area is 394 Å². The van der Waals surface area contributed by atoms with Gasteiger partial charge in [0, 0.05) is 34.6 Å². The van der Waals surface area contributed by atoms with Crippen LogP contribution < -0.4 is 9.47 Å². The standard InChI is InChI=1S/C40H56O.C17H19N3O3S/c1-30(18-13-20-32(3)23-25-37-34(5)22-15-27-39(37,7)8)16-11-12-17-31(2)19-14-21-33(4)24-26-38-35(6)28-36(41)29-40(38,9)10;1-10-8-18-15(11(2)16(10)23-4)9-24(21)17-19-13-6-5-12(22-3)7-14(13)20-17/h11-14,16-21,23-26,36,41H,15,22,27-29H2,1-10H3;5-8H,9H2,1-4H3,(H,19,20)/b12-11+,18-13+,19-14+,25-23+,26-24+,30-16+,31-17+,32-20+,33-21+;/t36-;/m1./s1. The van der Waals surface area contributed by atoms with Crippen LogP contribution in [0.25, 0.3) is 11.0 Å². The van der Waals surface area contributed by atoms with Crippen molar-refractivity contribution in [3.63, 3.8) is 0 Å². The van der Waals surface area contributed by atoms with Gasteiger partial charge in [-0.05, 0) is 122 Å². The van der Waals surface area contributed by atoms with Crippen LogP contribution in [0, 0.1) is 24.7 Å². The number of nitrogens with zero attached hydrogens (tertiary/aromatic N) is 2. The molecule has 0 amide bonds. The van der Waals surface area contributed by atoms with Gasteiger partial charge in [0.1, 0.15) is 11.5 Å². The third kappa shape index (κ3) is 15.8. The maximum Gasteiger partial charge on any atom is 0.322 e. The highest BCUT2D eigenvalue weighted by Gasteiger charge is 2.31. The van der Waals surface area contributed by atoms with Gasteiger partial charge in [-0.1, -0.05) is 146 Å². The summed E-state index contributed by atoms with van der Waals surface area (Å²) in [6.07, 6.45) is 37.2. The van der Waals surface area contributed by atoms with Crippen LogP contribution in [0.1, 0.15) is 118 Å². The average molecular weight is 898 g/mol. The summed E-state index contributed by atoms with van der Waals surface area (Å²) in [5, 5.41) is 10.5. The summed E-state index contributed by atoms with van der Waals surface area (Å²) >= 11 is -1.33. The monoisotopic (exact) mass is 898 g/mol. The number of aromatic amines is 1. The third-order valence-corrected chi connectivity index (χ3v) is 13.4. The first kappa shape index (κ1) is 52.5. The van der Waals surface area contributed by atoms with Crippen molar-refractivity contribution >= 4 is 22.2 Å². The predicted molar refractivity (Wildman–Crippen MR) is 276 cm³/mol. The number of aliphatic hydroxyl groups is 1. The molecule has 2 aromatic heterocycles. The lowest BCUT2D eigenvalue weighted by molar-refractivity contribution is 0.116. The van der Waals surface area contributed by atoms with Gasteiger partial charge in [-0.15, -0.1) is 0 Å². The molecule has 0 spiro atoms. The third-order valence-electron chi connectivity index (χ3n) is 12.2. The number of hydrogen-bond donors (Lipinski definition) is 2. The first-order chi connectivity index (χ1) is 30.7. The number of H-pyrrole nitrogens is 1. The first-order valence-electron chi connectivity index (χ1n) is 22.8. The van der Waals surface area contributed by atoms with E-state index < -0.39 is 11.2 Å². The van der Waals surface area contributed by atoms with Crippen LogP contribution in [-0.4, -0.2) is 44.9 Å². The highest BCUT2D eigenvalue weighted by atomic mass is 32.2. The van der Waals surface area contributed by atoms with Crippen LogP contribution in [-0.2, 0) is 16.9 Å². The predicted octanol–water partition coefficient (Wildman–Crippen LogP) is 14.5. The van der Waals surface area contributed by atoms with Gasteiger partial charge in [-0.25, -0.2) is 0 Å². The summed E-state index contributed by atoms with van der Waals surface area (Å²) in [7, 11) is 3.23. The normalized spacial score (nSPS) is 19.4. The zero-order valence-electron chi connectivity index (χ0n) is 41.7. The number of hydrogen-bond acceptors (Lipinski definition) is 6. The van der Waals surface area contributed by atoms with Crippen LogP contribution in [0.2, 0.25) is 0 Å². The summed E-state index contributed by atoms with van der Waals surface area (Å²) in [4.78, 5) is 11.9. The fourth-order valence-corrected chi connectivity index (χ4v) is 9.67. The Hall–Kier alpha value is -5.15. The highest BCUT2D eigenvalue weighted by molar-refractivity contribution is 7.90. The second kappa shape index (κ2) is 24.4. The Morgan fingerprint density at radius 2 is 1.37 bits per heavy atom. The molecule has 0 aliphatic heterocycles. The maximum absolute atomic E-state index is 12.7. The second-order valence-electron chi connectivity index (χ2n) is 18.9. The number of fused-ring (bicyclic) bond motifs is 1. The molecular weight excluding hydrogens is 823 g/mol. The van der Waals surface area contributed by atoms with Gasteiger partial charge in [0.05, 0.1) is 37.1 Å². The summed E-state index contributed by atoms with van der Waals surface area (Å²) in [5.41, 5.74) is 15.1. The molecule has 1 aromatic carbocycles. The Morgan fingerprint density at radius 3 is 1.92 bits per heavy atom. The lowest BCUT2D eigenvalue weighted by atomic mass is 9.71. The smallest absolute Gasteiger partial charge is 0.322 e. The van der Waals surface area contributed by atoms with Crippen LogP contribution in [0.5, 0.6) is 11.5 Å². The minimum Gasteiger partial charge on any atom is -0.609 e. The van der Waals surface area contributed by atoms with E-state index in [1.807, 2.05) is 32.0 Å². The van der Waals surface area contributed by atoms with Crippen molar-refractivity contribution in [1.82, 2.24) is 15.0 Å². The summed E-state index contributed by atoms with van der Waals surface area (Å²) in [6, 6.07) is 5.51. The van der Waals surface area contributed by atoms with Gasteiger partial charge in [-0.2, -0.15) is 4.98 Å². The molecule has 0 fully saturated rings. The Balaban J connectivity index is 0.000000324. The number of methoxy groups -OCH3 is 2. The average Bonchev–Trinajstić information content (AvgIpc) is 3.67. The van der Waals surface area contributed by atoms with Crippen LogP contribution in [0.3, 0.4) is 0 Å². The van der Waals surface area contributed by atoms with Crippen molar-refractivity contribution in [3.8, 4) is 11.5 Å². The molecule has 5 rings (SSSR count). The van der Waals surface area contributed by atoms with Gasteiger partial charge in [0.15, 0.2) is 5.75 Å². The molecule has 65 heavy (non-hydrogen) atoms. The van der Waals surface area contributed by atoms with E-state index in [4.69, 9.17) is 9.47 Å². The van der Waals surface area contributed by atoms with Gasteiger partial charge >= 0.3 is 5.16 Å². The summed E-state index contributed by atoms with van der Waals surface area (Å²) in [6.45, 7) is 26.0. The van der Waals surface area contributed by atoms with Gasteiger partial charge in [0.25, 0.3) is 0 Å². The van der Waals surface area contributed by atoms with Crippen molar-refractivity contribution in [2.24, 2.45) is 10.8 Å². The van der Waals surface area contributed by atoms with E-state index in [2.05, 4.69) is 169 Å². The fourth-order valence-electron chi connectivity index (χ4n) is 8.57. The van der Waals surface area contributed by atoms with E-state index in [1.54, 1.807) is 26.0 Å². The SMILES string of the molecule is CC1=C(/C=C/C(C)=C/C=C/C(C)=C/C=C/C=C(C)/C=C/C=C(C)/C=C/C2=C(C)C[C@@H](O)CC2(C)C)C(C)(C)CCC1.COc1ccc2[nH]c([S+]([O-])Cc3ncc(C)c(OC)c3C)nc2c1. The van der Waals surface area contributed by atoms with Gasteiger partial charge in [0.2, 0.25) is 0 Å². The molecule has 2 heterocycles. The Morgan fingerprint density at radius 1 is 0.800 bits per heavy atom. The number of imidazole rings is 1. The molecule has 0 radical (unpaired) electrons. The van der Waals surface area contributed by atoms with E-state index in [9.17, 15) is 9.66 Å². The van der Waals surface area contributed by atoms with Gasteiger partial charge in [-0.3, -0.25) is 9.97 Å². The number of aryl methyl sites for hydroxylation is 1. The highest BCUT2D eigenvalue weighted by Crippen LogP contribution is 2.42. The van der Waals surface area contributed by atoms with E-state index in [0.717, 1.165) is 46.4 Å². The number of allylic oxidation sites excluding steroid dienone is 21. The van der Waals surface area contributed by atoms with Crippen molar-refractivity contribution < 1.29 is 19.1 Å². The largest absolute Gasteiger partial charge is 0.609 e. The van der Waals surface area contributed by atoms with E-state index >= 15 is 0 Å². The van der Waals surface area contributed by atoms with E-state index in [1.165, 1.54) is 58.3 Å². The minimum absolute atomic E-state index is 0.0128. The Kier molecular flexibility index (Phi) is 19.7. The minimum atomic E-state index is -1.33. The Bertz CT molecular complexity index is 2480. The van der Waals surface area contributed by atoms with Gasteiger partial charge < -0.3 is 19.1 Å². The molecule has 1 unspecified atom stereocenters. The zero-order chi connectivity index (χ0) is 47.9. The number of pyridine rings is 1. The van der Waals surface area contributed by atoms with E-state index in [0.29, 0.717) is 10.9 Å². The van der Waals surface area contributed by atoms with E-state index in [-0.39, 0.29) is 22.7 Å². The van der Waals surface area contributed by atoms with Crippen molar-refractivity contribution in [1.29, 1.82) is 0 Å². The van der Waals surface area contributed by atoms with Crippen molar-refractivity contribution in [2.75, 3.05) is 14.2 Å². The fraction of sp³-hybridized carbons (Fsp3) is 0.404. The second-order valence-corrected chi connectivity index (χ2v) is 20.3. The lowest BCUT2D eigenvalue weighted by Gasteiger charge is -2.35. The number of ether oxygens (including phenoxy) is 2. The summed E-state index contributed by atoms with van der Waals surface area (Å²) < 4.78 is 23.3. The number of aromatic nitrogens is 3. The zero-order valence-corrected chi connectivity index (χ0v) is 42.5. The molecule has 0 saturated heterocycles. The topological polar surface area (TPSA) is 103 Å². The maximum atomic E-state index is 12.7. The van der Waals surface area contributed by atoms with Crippen molar-refractivity contribution in [2.45, 2.75) is 132 Å². The molecule has 8 heteroatoms. The quantitative estimate of drug-likeness (QED) is 0.116. The molecule has 0 saturated carbocycles. The number of rotatable bonds is 15.